The van der Waals surface area contributed by atoms with Crippen LogP contribution in [0.1, 0.15) is 57.4 Å². The van der Waals surface area contributed by atoms with E-state index in [1.165, 1.54) is 0 Å². The number of anilines is 1. The molecule has 3 aromatic heterocycles. The van der Waals surface area contributed by atoms with Gasteiger partial charge in [0.2, 0.25) is 0 Å². The van der Waals surface area contributed by atoms with Crippen LogP contribution in [-0.2, 0) is 5.54 Å². The molecule has 6 N–H and O–H groups in total. The highest BCUT2D eigenvalue weighted by Crippen LogP contribution is 2.60. The van der Waals surface area contributed by atoms with Crippen molar-refractivity contribution in [1.29, 1.82) is 0 Å². The van der Waals surface area contributed by atoms with Gasteiger partial charge in [0.05, 0.1) is 28.5 Å². The van der Waals surface area contributed by atoms with Crippen LogP contribution in [0.2, 0.25) is 0 Å². The maximum absolute atomic E-state index is 13.9. The van der Waals surface area contributed by atoms with Gasteiger partial charge < -0.3 is 30.3 Å². The molecule has 0 radical (unpaired) electrons. The molecule has 0 bridgehead atoms. The van der Waals surface area contributed by atoms with Crippen LogP contribution in [0.3, 0.4) is 0 Å². The number of likely N-dealkylation sites (tertiary alicyclic amines) is 1. The molecular formula is C30H28N6O3. The fourth-order valence-corrected chi connectivity index (χ4v) is 7.21. The summed E-state index contributed by atoms with van der Waals surface area (Å²) in [5, 5.41) is 19.5. The van der Waals surface area contributed by atoms with Gasteiger partial charge in [-0.2, -0.15) is 0 Å². The van der Waals surface area contributed by atoms with Gasteiger partial charge in [-0.3, -0.25) is 14.9 Å². The Kier molecular flexibility index (Phi) is 4.29. The Hall–Kier alpha value is -4.34. The number of aromatic nitrogens is 3. The van der Waals surface area contributed by atoms with Gasteiger partial charge in [-0.05, 0) is 61.2 Å². The second kappa shape index (κ2) is 7.40. The monoisotopic (exact) mass is 520 g/mol. The molecule has 1 spiro atoms. The molecule has 4 unspecified atom stereocenters. The first-order valence-corrected chi connectivity index (χ1v) is 13.2. The van der Waals surface area contributed by atoms with E-state index in [-0.39, 0.29) is 24.2 Å². The average Bonchev–Trinajstić information content (AvgIpc) is 3.31. The van der Waals surface area contributed by atoms with Gasteiger partial charge in [0.1, 0.15) is 5.69 Å². The molecule has 196 valence electrons. The summed E-state index contributed by atoms with van der Waals surface area (Å²) in [6.45, 7) is 4.60. The Morgan fingerprint density at radius 2 is 1.92 bits per heavy atom. The summed E-state index contributed by atoms with van der Waals surface area (Å²) in [5.74, 6) is -0.0709. The second-order valence-corrected chi connectivity index (χ2v) is 11.4. The first-order valence-electron chi connectivity index (χ1n) is 13.2. The van der Waals surface area contributed by atoms with E-state index in [9.17, 15) is 14.7 Å². The van der Waals surface area contributed by atoms with Crippen LogP contribution in [-0.4, -0.2) is 54.8 Å². The summed E-state index contributed by atoms with van der Waals surface area (Å²) < 4.78 is 0. The molecule has 2 fully saturated rings. The standard InChI is InChI=1S/C30H28N6O3/c1-15-13-31-26-23(37)12-29(2)30(25(15)26)24(35-30)14-36(29)28(39)22-11-17-9-18(7-8-20(17)34-22)32-27(38)21-10-16-5-3-4-6-19(16)33-21/h3-11,13,24,27,31-35,38H,12,14H2,1-2H3. The van der Waals surface area contributed by atoms with E-state index in [0.717, 1.165) is 38.6 Å². The normalized spacial score (nSPS) is 26.0. The van der Waals surface area contributed by atoms with Crippen molar-refractivity contribution in [3.63, 3.8) is 0 Å². The highest BCUT2D eigenvalue weighted by atomic mass is 16.3. The number of piperazine rings is 1. The zero-order valence-electron chi connectivity index (χ0n) is 21.6. The lowest BCUT2D eigenvalue weighted by Gasteiger charge is -2.44. The van der Waals surface area contributed by atoms with E-state index >= 15 is 0 Å². The SMILES string of the molecule is Cc1c[nH]c2c1C13NC1CN(C(=O)c1cc4cc(NC(O)c5cc6ccccc6[nH]5)ccc4[nH]1)C3(C)CC2=O. The lowest BCUT2D eigenvalue weighted by atomic mass is 9.70. The zero-order chi connectivity index (χ0) is 26.7. The van der Waals surface area contributed by atoms with Gasteiger partial charge in [-0.15, -0.1) is 0 Å². The summed E-state index contributed by atoms with van der Waals surface area (Å²) >= 11 is 0. The van der Waals surface area contributed by atoms with E-state index in [0.29, 0.717) is 23.6 Å². The van der Waals surface area contributed by atoms with Gasteiger partial charge >= 0.3 is 0 Å². The minimum Gasteiger partial charge on any atom is -0.368 e. The number of Topliss-reactive ketones (excluding diaryl/α,β-unsaturated/α-hetero) is 1. The number of carbonyl (C=O) groups excluding carboxylic acids is 2. The number of para-hydroxylation sites is 1. The number of nitrogens with zero attached hydrogens (tertiary/aromatic N) is 1. The number of aryl methyl sites for hydroxylation is 1. The number of ketones is 1. The van der Waals surface area contributed by atoms with Crippen molar-refractivity contribution in [3.05, 3.63) is 89.0 Å². The maximum atomic E-state index is 13.9. The van der Waals surface area contributed by atoms with Gasteiger partial charge in [-0.25, -0.2) is 0 Å². The molecule has 4 atom stereocenters. The number of nitrogens with one attached hydrogen (secondary N) is 5. The van der Waals surface area contributed by atoms with Crippen LogP contribution in [0.25, 0.3) is 21.8 Å². The number of hydrogen-bond acceptors (Lipinski definition) is 5. The molecule has 1 aliphatic carbocycles. The molecule has 39 heavy (non-hydrogen) atoms. The van der Waals surface area contributed by atoms with Gasteiger partial charge in [0, 0.05) is 46.8 Å². The largest absolute Gasteiger partial charge is 0.368 e. The highest BCUT2D eigenvalue weighted by molar-refractivity contribution is 6.03. The number of aromatic amines is 3. The van der Waals surface area contributed by atoms with E-state index < -0.39 is 17.3 Å². The highest BCUT2D eigenvalue weighted by Gasteiger charge is 2.76. The van der Waals surface area contributed by atoms with E-state index in [1.807, 2.05) is 79.5 Å². The van der Waals surface area contributed by atoms with Crippen LogP contribution < -0.4 is 10.6 Å². The number of rotatable bonds is 4. The fraction of sp³-hybridized carbons (Fsp3) is 0.267. The molecular weight excluding hydrogens is 492 g/mol. The van der Waals surface area contributed by atoms with Crippen LogP contribution in [0, 0.1) is 6.92 Å². The molecule has 0 saturated carbocycles. The van der Waals surface area contributed by atoms with Gasteiger partial charge in [0.25, 0.3) is 5.91 Å². The number of aliphatic hydroxyl groups is 1. The summed E-state index contributed by atoms with van der Waals surface area (Å²) in [6, 6.07) is 17.5. The average molecular weight is 521 g/mol. The molecule has 5 aromatic rings. The predicted molar refractivity (Wildman–Crippen MR) is 148 cm³/mol. The van der Waals surface area contributed by atoms with Crippen molar-refractivity contribution in [2.45, 2.75) is 43.6 Å². The smallest absolute Gasteiger partial charge is 0.270 e. The van der Waals surface area contributed by atoms with Crippen molar-refractivity contribution in [2.24, 2.45) is 0 Å². The number of H-pyrrole nitrogens is 3. The molecule has 5 heterocycles. The van der Waals surface area contributed by atoms with Crippen LogP contribution in [0.5, 0.6) is 0 Å². The number of benzene rings is 2. The molecule has 2 aliphatic heterocycles. The summed E-state index contributed by atoms with van der Waals surface area (Å²) in [4.78, 5) is 38.6. The fourth-order valence-electron chi connectivity index (χ4n) is 7.21. The minimum absolute atomic E-state index is 0.0410. The maximum Gasteiger partial charge on any atom is 0.270 e. The van der Waals surface area contributed by atoms with Gasteiger partial charge in [-0.1, -0.05) is 18.2 Å². The molecule has 1 amide bonds. The number of fused-ring (bicyclic) bond motifs is 3. The predicted octanol–water partition coefficient (Wildman–Crippen LogP) is 4.06. The van der Waals surface area contributed by atoms with Crippen molar-refractivity contribution in [3.8, 4) is 0 Å². The van der Waals surface area contributed by atoms with Gasteiger partial charge in [0.15, 0.2) is 12.0 Å². The molecule has 9 heteroatoms. The Morgan fingerprint density at radius 1 is 1.10 bits per heavy atom. The van der Waals surface area contributed by atoms with E-state index in [4.69, 9.17) is 0 Å². The number of amides is 1. The molecule has 2 aromatic carbocycles. The topological polar surface area (TPSA) is 139 Å². The minimum atomic E-state index is -0.916. The second-order valence-electron chi connectivity index (χ2n) is 11.4. The molecule has 2 saturated heterocycles. The quantitative estimate of drug-likeness (QED) is 0.157. The van der Waals surface area contributed by atoms with E-state index in [2.05, 4.69) is 25.6 Å². The lowest BCUT2D eigenvalue weighted by Crippen LogP contribution is -2.58. The molecule has 3 aliphatic rings. The summed E-state index contributed by atoms with van der Waals surface area (Å²) in [5.41, 5.74) is 5.38. The Labute approximate surface area is 223 Å². The molecule has 8 rings (SSSR count). The first kappa shape index (κ1) is 22.6. The lowest BCUT2D eigenvalue weighted by molar-refractivity contribution is 0.0447. The van der Waals surface area contributed by atoms with Crippen molar-refractivity contribution < 1.29 is 14.7 Å². The summed E-state index contributed by atoms with van der Waals surface area (Å²) in [7, 11) is 0. The number of carbonyl (C=O) groups is 2. The van der Waals surface area contributed by atoms with Crippen LogP contribution in [0.4, 0.5) is 5.69 Å². The Bertz CT molecular complexity index is 1810. The van der Waals surface area contributed by atoms with Crippen LogP contribution in [0.15, 0.2) is 60.8 Å². The number of aliphatic hydroxyl groups excluding tert-OH is 1. The van der Waals surface area contributed by atoms with Crippen molar-refractivity contribution in [2.75, 3.05) is 11.9 Å². The zero-order valence-corrected chi connectivity index (χ0v) is 21.6. The third kappa shape index (κ3) is 2.91. The van der Waals surface area contributed by atoms with E-state index in [1.54, 1.807) is 0 Å². The van der Waals surface area contributed by atoms with Crippen molar-refractivity contribution >= 4 is 39.2 Å². The molecule has 9 nitrogen and oxygen atoms in total. The Morgan fingerprint density at radius 3 is 2.77 bits per heavy atom. The first-order chi connectivity index (χ1) is 18.8. The Balaban J connectivity index is 1.08. The number of hydrogen-bond donors (Lipinski definition) is 6. The summed E-state index contributed by atoms with van der Waals surface area (Å²) in [6.07, 6.45) is 1.25. The third-order valence-corrected chi connectivity index (χ3v) is 9.15. The van der Waals surface area contributed by atoms with Crippen LogP contribution >= 0.6 is 0 Å². The third-order valence-electron chi connectivity index (χ3n) is 9.15. The van der Waals surface area contributed by atoms with Crippen molar-refractivity contribution in [1.82, 2.24) is 25.2 Å².